The van der Waals surface area contributed by atoms with Gasteiger partial charge in [0.05, 0.1) is 19.2 Å². The minimum absolute atomic E-state index is 0.00685. The second-order valence-electron chi connectivity index (χ2n) is 9.23. The number of imidazole rings is 1. The number of ether oxygens (including phenoxy) is 1. The highest BCUT2D eigenvalue weighted by Crippen LogP contribution is 2.32. The van der Waals surface area contributed by atoms with Crippen LogP contribution in [-0.4, -0.2) is 64.5 Å². The van der Waals surface area contributed by atoms with Gasteiger partial charge in [0.2, 0.25) is 5.95 Å². The number of hydrogen-bond donors (Lipinski definition) is 1. The first-order valence-electron chi connectivity index (χ1n) is 12.2. The van der Waals surface area contributed by atoms with E-state index in [-0.39, 0.29) is 17.6 Å². The summed E-state index contributed by atoms with van der Waals surface area (Å²) >= 11 is 0. The van der Waals surface area contributed by atoms with Crippen molar-refractivity contribution < 1.29 is 9.53 Å². The Labute approximate surface area is 212 Å². The number of benzene rings is 1. The van der Waals surface area contributed by atoms with Crippen molar-refractivity contribution in [2.45, 2.75) is 39.4 Å². The lowest BCUT2D eigenvalue weighted by Crippen LogP contribution is -2.40. The first-order valence-corrected chi connectivity index (χ1v) is 12.2. The van der Waals surface area contributed by atoms with E-state index in [4.69, 9.17) is 4.74 Å². The van der Waals surface area contributed by atoms with Gasteiger partial charge in [0, 0.05) is 44.3 Å². The zero-order chi connectivity index (χ0) is 25.8. The van der Waals surface area contributed by atoms with Gasteiger partial charge in [-0.1, -0.05) is 6.07 Å². The van der Waals surface area contributed by atoms with E-state index >= 15 is 0 Å². The van der Waals surface area contributed by atoms with Gasteiger partial charge >= 0.3 is 0 Å². The standard InChI is InChI=1S/C27H33N7O2/c1-6-36-25-13-20(15-31-24(25)14-28)18(2)34-9-7-22-21(17-32(4)5)11-19(12-23(22)26(34)35)16-33-10-8-30-27(33)29-3/h8,10-13,15,18H,6-7,9,16-17H2,1-5H3,(H,29,30)/t18-/m0/s1. The number of rotatable bonds is 9. The summed E-state index contributed by atoms with van der Waals surface area (Å²) in [5.41, 5.74) is 5.20. The van der Waals surface area contributed by atoms with E-state index in [1.165, 1.54) is 5.56 Å². The molecule has 0 saturated heterocycles. The first kappa shape index (κ1) is 25.2. The Kier molecular flexibility index (Phi) is 7.55. The van der Waals surface area contributed by atoms with Crippen LogP contribution in [0.4, 0.5) is 5.95 Å². The number of carbonyl (C=O) groups is 1. The minimum atomic E-state index is -0.212. The quantitative estimate of drug-likeness (QED) is 0.493. The summed E-state index contributed by atoms with van der Waals surface area (Å²) in [5.74, 6) is 1.24. The van der Waals surface area contributed by atoms with Crippen LogP contribution in [0.3, 0.4) is 0 Å². The topological polar surface area (TPSA) is 99.3 Å². The molecule has 2 aromatic heterocycles. The number of nitrogens with one attached hydrogen (secondary N) is 1. The number of amides is 1. The Morgan fingerprint density at radius 2 is 2.08 bits per heavy atom. The molecule has 0 saturated carbocycles. The predicted molar refractivity (Wildman–Crippen MR) is 138 cm³/mol. The van der Waals surface area contributed by atoms with E-state index < -0.39 is 0 Å². The summed E-state index contributed by atoms with van der Waals surface area (Å²) in [6, 6.07) is 7.92. The molecule has 1 N–H and O–H groups in total. The highest BCUT2D eigenvalue weighted by atomic mass is 16.5. The van der Waals surface area contributed by atoms with Crippen LogP contribution in [0.1, 0.15) is 58.2 Å². The lowest BCUT2D eigenvalue weighted by Gasteiger charge is -2.35. The average molecular weight is 488 g/mol. The Morgan fingerprint density at radius 1 is 1.28 bits per heavy atom. The summed E-state index contributed by atoms with van der Waals surface area (Å²) in [6.45, 7) is 6.30. The molecule has 1 aromatic carbocycles. The average Bonchev–Trinajstić information content (AvgIpc) is 3.31. The molecule has 0 fully saturated rings. The van der Waals surface area contributed by atoms with Crippen LogP contribution in [0.5, 0.6) is 5.75 Å². The maximum atomic E-state index is 13.9. The van der Waals surface area contributed by atoms with Crippen LogP contribution >= 0.6 is 0 Å². The van der Waals surface area contributed by atoms with Crippen molar-refractivity contribution in [1.29, 1.82) is 5.26 Å². The van der Waals surface area contributed by atoms with Crippen molar-refractivity contribution >= 4 is 11.9 Å². The fourth-order valence-corrected chi connectivity index (χ4v) is 4.79. The molecule has 36 heavy (non-hydrogen) atoms. The van der Waals surface area contributed by atoms with Gasteiger partial charge in [-0.15, -0.1) is 0 Å². The molecule has 9 heteroatoms. The maximum absolute atomic E-state index is 13.9. The molecule has 9 nitrogen and oxygen atoms in total. The van der Waals surface area contributed by atoms with Crippen LogP contribution in [0.15, 0.2) is 36.8 Å². The third kappa shape index (κ3) is 5.04. The van der Waals surface area contributed by atoms with Gasteiger partial charge in [0.15, 0.2) is 11.4 Å². The van der Waals surface area contributed by atoms with Crippen molar-refractivity contribution in [1.82, 2.24) is 24.3 Å². The third-order valence-electron chi connectivity index (χ3n) is 6.50. The predicted octanol–water partition coefficient (Wildman–Crippen LogP) is 3.46. The molecule has 0 spiro atoms. The van der Waals surface area contributed by atoms with E-state index in [0.717, 1.165) is 41.2 Å². The number of pyridine rings is 1. The van der Waals surface area contributed by atoms with Crippen molar-refractivity contribution in [3.8, 4) is 11.8 Å². The molecular formula is C27H33N7O2. The molecule has 1 aliphatic rings. The smallest absolute Gasteiger partial charge is 0.254 e. The molecule has 188 valence electrons. The van der Waals surface area contributed by atoms with E-state index in [1.807, 2.05) is 62.8 Å². The Bertz CT molecular complexity index is 1290. The van der Waals surface area contributed by atoms with E-state index in [9.17, 15) is 10.1 Å². The van der Waals surface area contributed by atoms with Crippen LogP contribution in [-0.2, 0) is 19.5 Å². The zero-order valence-electron chi connectivity index (χ0n) is 21.6. The van der Waals surface area contributed by atoms with Crippen molar-refractivity contribution in [2.24, 2.45) is 0 Å². The second kappa shape index (κ2) is 10.8. The molecule has 1 aliphatic heterocycles. The fraction of sp³-hybridized carbons (Fsp3) is 0.407. The number of aromatic nitrogens is 3. The number of nitriles is 1. The molecule has 0 unspecified atom stereocenters. The highest BCUT2D eigenvalue weighted by molar-refractivity contribution is 5.97. The van der Waals surface area contributed by atoms with E-state index in [1.54, 1.807) is 12.4 Å². The maximum Gasteiger partial charge on any atom is 0.254 e. The molecule has 1 atom stereocenters. The summed E-state index contributed by atoms with van der Waals surface area (Å²) in [4.78, 5) is 26.5. The molecule has 4 rings (SSSR count). The van der Waals surface area contributed by atoms with E-state index in [0.29, 0.717) is 25.4 Å². The summed E-state index contributed by atoms with van der Waals surface area (Å²) in [5, 5.41) is 12.5. The minimum Gasteiger partial charge on any atom is -0.491 e. The van der Waals surface area contributed by atoms with E-state index in [2.05, 4.69) is 32.3 Å². The van der Waals surface area contributed by atoms with Crippen LogP contribution in [0, 0.1) is 11.3 Å². The normalized spacial score (nSPS) is 13.9. The first-order chi connectivity index (χ1) is 17.4. The SMILES string of the molecule is CCOc1cc([C@H](C)N2CCc3c(CN(C)C)cc(Cn4ccnc4NC)cc3C2=O)cnc1C#N. The monoisotopic (exact) mass is 487 g/mol. The number of carbonyl (C=O) groups excluding carboxylic acids is 1. The second-order valence-corrected chi connectivity index (χ2v) is 9.23. The van der Waals surface area contributed by atoms with Crippen LogP contribution < -0.4 is 10.1 Å². The largest absolute Gasteiger partial charge is 0.491 e. The van der Waals surface area contributed by atoms with Crippen LogP contribution in [0.25, 0.3) is 0 Å². The van der Waals surface area contributed by atoms with Gasteiger partial charge in [-0.2, -0.15) is 5.26 Å². The lowest BCUT2D eigenvalue weighted by molar-refractivity contribution is 0.0671. The molecule has 3 heterocycles. The molecule has 1 amide bonds. The van der Waals surface area contributed by atoms with Gasteiger partial charge in [-0.25, -0.2) is 9.97 Å². The van der Waals surface area contributed by atoms with Gasteiger partial charge < -0.3 is 24.4 Å². The molecule has 0 bridgehead atoms. The zero-order valence-corrected chi connectivity index (χ0v) is 21.6. The van der Waals surface area contributed by atoms with Crippen molar-refractivity contribution in [2.75, 3.05) is 39.6 Å². The number of fused-ring (bicyclic) bond motifs is 1. The Hall–Kier alpha value is -3.90. The van der Waals surface area contributed by atoms with Crippen LogP contribution in [0.2, 0.25) is 0 Å². The third-order valence-corrected chi connectivity index (χ3v) is 6.50. The summed E-state index contributed by atoms with van der Waals surface area (Å²) in [7, 11) is 5.93. The number of anilines is 1. The Morgan fingerprint density at radius 3 is 2.78 bits per heavy atom. The highest BCUT2D eigenvalue weighted by Gasteiger charge is 2.31. The molecule has 0 aliphatic carbocycles. The summed E-state index contributed by atoms with van der Waals surface area (Å²) < 4.78 is 7.65. The van der Waals surface area contributed by atoms with Gasteiger partial charge in [0.1, 0.15) is 6.07 Å². The Balaban J connectivity index is 1.69. The molecular weight excluding hydrogens is 454 g/mol. The number of hydrogen-bond acceptors (Lipinski definition) is 7. The van der Waals surface area contributed by atoms with Gasteiger partial charge in [-0.05, 0) is 68.8 Å². The van der Waals surface area contributed by atoms with Gasteiger partial charge in [-0.3, -0.25) is 4.79 Å². The molecule has 0 radical (unpaired) electrons. The van der Waals surface area contributed by atoms with Gasteiger partial charge in [0.25, 0.3) is 5.91 Å². The fourth-order valence-electron chi connectivity index (χ4n) is 4.79. The number of nitrogens with zero attached hydrogens (tertiary/aromatic N) is 6. The van der Waals surface area contributed by atoms with Crippen molar-refractivity contribution in [3.63, 3.8) is 0 Å². The summed E-state index contributed by atoms with van der Waals surface area (Å²) in [6.07, 6.45) is 6.15. The molecule has 3 aromatic rings. The van der Waals surface area contributed by atoms with Crippen molar-refractivity contribution in [3.05, 3.63) is 70.3 Å². The lowest BCUT2D eigenvalue weighted by atomic mass is 9.90.